The molecule has 1 saturated heterocycles. The van der Waals surface area contributed by atoms with Crippen molar-refractivity contribution in [1.29, 1.82) is 0 Å². The van der Waals surface area contributed by atoms with Crippen molar-refractivity contribution in [2.45, 2.75) is 38.5 Å². The maximum Gasteiger partial charge on any atom is 0.220 e. The van der Waals surface area contributed by atoms with Crippen molar-refractivity contribution in [3.63, 3.8) is 0 Å². The van der Waals surface area contributed by atoms with Gasteiger partial charge in [-0.3, -0.25) is 4.79 Å². The fourth-order valence-electron chi connectivity index (χ4n) is 2.26. The third kappa shape index (κ3) is 2.63. The van der Waals surface area contributed by atoms with Crippen LogP contribution in [0.15, 0.2) is 24.3 Å². The first kappa shape index (κ1) is 11.2. The highest BCUT2D eigenvalue weighted by Crippen LogP contribution is 2.23. The lowest BCUT2D eigenvalue weighted by Gasteiger charge is -2.22. The lowest BCUT2D eigenvalue weighted by atomic mass is 9.90. The zero-order valence-corrected chi connectivity index (χ0v) is 9.83. The highest BCUT2D eigenvalue weighted by Gasteiger charge is 2.19. The van der Waals surface area contributed by atoms with E-state index in [0.29, 0.717) is 12.3 Å². The average Bonchev–Trinajstić information content (AvgIpc) is 2.32. The fourth-order valence-corrected chi connectivity index (χ4v) is 2.26. The third-order valence-electron chi connectivity index (χ3n) is 3.26. The molecule has 1 N–H and O–H groups in total. The molecule has 1 unspecified atom stereocenters. The fraction of sp³-hybridized carbons (Fsp3) is 0.500. The summed E-state index contributed by atoms with van der Waals surface area (Å²) in [5.41, 5.74) is 2.77. The van der Waals surface area contributed by atoms with Gasteiger partial charge in [0.15, 0.2) is 0 Å². The van der Waals surface area contributed by atoms with E-state index < -0.39 is 0 Å². The molecule has 1 heterocycles. The minimum atomic E-state index is 0.193. The van der Waals surface area contributed by atoms with Crippen molar-refractivity contribution in [1.82, 2.24) is 5.32 Å². The average molecular weight is 217 g/mol. The smallest absolute Gasteiger partial charge is 0.220 e. The monoisotopic (exact) mass is 217 g/mol. The van der Waals surface area contributed by atoms with Crippen LogP contribution in [0.5, 0.6) is 0 Å². The quantitative estimate of drug-likeness (QED) is 0.828. The van der Waals surface area contributed by atoms with Gasteiger partial charge in [0.2, 0.25) is 5.91 Å². The number of benzene rings is 1. The van der Waals surface area contributed by atoms with Gasteiger partial charge in [-0.15, -0.1) is 0 Å². The summed E-state index contributed by atoms with van der Waals surface area (Å²) < 4.78 is 0. The predicted molar refractivity (Wildman–Crippen MR) is 65.4 cm³/mol. The number of hydrogen-bond acceptors (Lipinski definition) is 1. The molecule has 0 radical (unpaired) electrons. The van der Waals surface area contributed by atoms with E-state index in [9.17, 15) is 4.79 Å². The molecule has 16 heavy (non-hydrogen) atoms. The van der Waals surface area contributed by atoms with Gasteiger partial charge in [-0.1, -0.05) is 37.6 Å². The molecule has 0 spiro atoms. The standard InChI is InChI=1S/C14H19NO/c1-2-3-11-4-6-12(7-5-11)13-8-9-14(16)15-10-13/h4-7,13H,2-3,8-10H2,1H3,(H,15,16). The van der Waals surface area contributed by atoms with Crippen LogP contribution in [-0.2, 0) is 11.2 Å². The van der Waals surface area contributed by atoms with Gasteiger partial charge >= 0.3 is 0 Å². The Labute approximate surface area is 97.1 Å². The molecule has 0 saturated carbocycles. The van der Waals surface area contributed by atoms with Gasteiger partial charge in [-0.2, -0.15) is 0 Å². The van der Waals surface area contributed by atoms with E-state index in [0.717, 1.165) is 19.4 Å². The molecule has 0 bridgehead atoms. The highest BCUT2D eigenvalue weighted by atomic mass is 16.1. The molecule has 2 nitrogen and oxygen atoms in total. The molecule has 86 valence electrons. The Morgan fingerprint density at radius 1 is 1.31 bits per heavy atom. The number of hydrogen-bond donors (Lipinski definition) is 1. The molecule has 2 heteroatoms. The number of rotatable bonds is 3. The zero-order chi connectivity index (χ0) is 11.4. The summed E-state index contributed by atoms with van der Waals surface area (Å²) in [4.78, 5) is 11.1. The van der Waals surface area contributed by atoms with E-state index in [2.05, 4.69) is 36.5 Å². The Morgan fingerprint density at radius 2 is 2.06 bits per heavy atom. The molecule has 1 aromatic rings. The van der Waals surface area contributed by atoms with Crippen LogP contribution >= 0.6 is 0 Å². The van der Waals surface area contributed by atoms with Crippen molar-refractivity contribution in [2.24, 2.45) is 0 Å². The topological polar surface area (TPSA) is 29.1 Å². The van der Waals surface area contributed by atoms with Crippen molar-refractivity contribution in [2.75, 3.05) is 6.54 Å². The second-order valence-corrected chi connectivity index (χ2v) is 4.53. The minimum Gasteiger partial charge on any atom is -0.355 e. The Bertz CT molecular complexity index is 346. The first-order valence-electron chi connectivity index (χ1n) is 6.15. The van der Waals surface area contributed by atoms with Crippen LogP contribution in [0.2, 0.25) is 0 Å². The van der Waals surface area contributed by atoms with Crippen LogP contribution in [0.1, 0.15) is 43.2 Å². The van der Waals surface area contributed by atoms with E-state index in [4.69, 9.17) is 0 Å². The molecule has 1 aromatic carbocycles. The SMILES string of the molecule is CCCc1ccc(C2CCC(=O)NC2)cc1. The van der Waals surface area contributed by atoms with Crippen LogP contribution < -0.4 is 5.32 Å². The van der Waals surface area contributed by atoms with Gasteiger partial charge in [0, 0.05) is 18.9 Å². The maximum atomic E-state index is 11.1. The van der Waals surface area contributed by atoms with Gasteiger partial charge in [0.1, 0.15) is 0 Å². The first-order valence-corrected chi connectivity index (χ1v) is 6.15. The molecular weight excluding hydrogens is 198 g/mol. The molecular formula is C14H19NO. The Kier molecular flexibility index (Phi) is 3.60. The summed E-state index contributed by atoms with van der Waals surface area (Å²) in [7, 11) is 0. The summed E-state index contributed by atoms with van der Waals surface area (Å²) >= 11 is 0. The van der Waals surface area contributed by atoms with Crippen molar-refractivity contribution in [3.8, 4) is 0 Å². The van der Waals surface area contributed by atoms with E-state index in [1.54, 1.807) is 0 Å². The van der Waals surface area contributed by atoms with E-state index in [1.165, 1.54) is 17.5 Å². The number of amides is 1. The molecule has 1 aliphatic rings. The van der Waals surface area contributed by atoms with Crippen LogP contribution in [-0.4, -0.2) is 12.5 Å². The highest BCUT2D eigenvalue weighted by molar-refractivity contribution is 5.76. The van der Waals surface area contributed by atoms with Crippen molar-refractivity contribution in [3.05, 3.63) is 35.4 Å². The number of carbonyl (C=O) groups is 1. The predicted octanol–water partition coefficient (Wildman–Crippen LogP) is 2.63. The lowest BCUT2D eigenvalue weighted by Crippen LogP contribution is -2.33. The van der Waals surface area contributed by atoms with Gasteiger partial charge in [0.05, 0.1) is 0 Å². The van der Waals surface area contributed by atoms with Crippen LogP contribution in [0.3, 0.4) is 0 Å². The summed E-state index contributed by atoms with van der Waals surface area (Å²) in [5, 5.41) is 2.93. The summed E-state index contributed by atoms with van der Waals surface area (Å²) in [6.45, 7) is 3.00. The normalized spacial score (nSPS) is 20.6. The molecule has 1 aliphatic heterocycles. The number of nitrogens with one attached hydrogen (secondary N) is 1. The second kappa shape index (κ2) is 5.15. The van der Waals surface area contributed by atoms with Gasteiger partial charge < -0.3 is 5.32 Å². The molecule has 1 fully saturated rings. The van der Waals surface area contributed by atoms with Gasteiger partial charge in [-0.25, -0.2) is 0 Å². The zero-order valence-electron chi connectivity index (χ0n) is 9.83. The lowest BCUT2D eigenvalue weighted by molar-refractivity contribution is -0.122. The number of piperidine rings is 1. The molecule has 1 atom stereocenters. The largest absolute Gasteiger partial charge is 0.355 e. The van der Waals surface area contributed by atoms with Crippen LogP contribution in [0.4, 0.5) is 0 Å². The van der Waals surface area contributed by atoms with Crippen molar-refractivity contribution < 1.29 is 4.79 Å². The first-order chi connectivity index (χ1) is 7.79. The van der Waals surface area contributed by atoms with Gasteiger partial charge in [0.25, 0.3) is 0 Å². The molecule has 0 aromatic heterocycles. The maximum absolute atomic E-state index is 11.1. The van der Waals surface area contributed by atoms with E-state index >= 15 is 0 Å². The van der Waals surface area contributed by atoms with Gasteiger partial charge in [-0.05, 0) is 24.0 Å². The van der Waals surface area contributed by atoms with E-state index in [1.807, 2.05) is 0 Å². The second-order valence-electron chi connectivity index (χ2n) is 4.53. The third-order valence-corrected chi connectivity index (χ3v) is 3.26. The van der Waals surface area contributed by atoms with Crippen molar-refractivity contribution >= 4 is 5.91 Å². The van der Waals surface area contributed by atoms with Crippen LogP contribution in [0.25, 0.3) is 0 Å². The number of carbonyl (C=O) groups excluding carboxylic acids is 1. The van der Waals surface area contributed by atoms with Crippen LogP contribution in [0, 0.1) is 0 Å². The Hall–Kier alpha value is -1.31. The number of aryl methyl sites for hydroxylation is 1. The molecule has 0 aliphatic carbocycles. The van der Waals surface area contributed by atoms with E-state index in [-0.39, 0.29) is 5.91 Å². The Morgan fingerprint density at radius 3 is 2.62 bits per heavy atom. The minimum absolute atomic E-state index is 0.193. The molecule has 2 rings (SSSR count). The summed E-state index contributed by atoms with van der Waals surface area (Å²) in [6.07, 6.45) is 4.00. The Balaban J connectivity index is 2.01. The summed E-state index contributed by atoms with van der Waals surface area (Å²) in [5.74, 6) is 0.701. The molecule has 1 amide bonds. The summed E-state index contributed by atoms with van der Waals surface area (Å²) in [6, 6.07) is 8.87.